The summed E-state index contributed by atoms with van der Waals surface area (Å²) in [5.74, 6) is 0.781. The van der Waals surface area contributed by atoms with Gasteiger partial charge < -0.3 is 4.42 Å². The van der Waals surface area contributed by atoms with Crippen LogP contribution in [0.2, 0.25) is 0 Å². The maximum atomic E-state index is 12.6. The number of aromatic nitrogens is 3. The molecule has 118 valence electrons. The molecular formula is C15H10F3N3OS. The standard InChI is InChI=1S/C15H10F3N3OS/c16-15(17,18)12-6-7-19-14(21-12)23-9-11-8-22-13(20-11)10-4-2-1-3-5-10/h1-8H,9H2. The fourth-order valence-corrected chi connectivity index (χ4v) is 2.50. The van der Waals surface area contributed by atoms with Gasteiger partial charge in [0.05, 0.1) is 5.69 Å². The third-order valence-corrected chi connectivity index (χ3v) is 3.74. The van der Waals surface area contributed by atoms with Crippen LogP contribution in [0, 0.1) is 0 Å². The largest absolute Gasteiger partial charge is 0.444 e. The zero-order valence-corrected chi connectivity index (χ0v) is 12.4. The molecule has 0 N–H and O–H groups in total. The highest BCUT2D eigenvalue weighted by Crippen LogP contribution is 2.29. The summed E-state index contributed by atoms with van der Waals surface area (Å²) >= 11 is 1.07. The predicted molar refractivity (Wildman–Crippen MR) is 78.5 cm³/mol. The van der Waals surface area contributed by atoms with E-state index in [0.29, 0.717) is 17.3 Å². The van der Waals surface area contributed by atoms with E-state index in [1.54, 1.807) is 0 Å². The number of hydrogen-bond acceptors (Lipinski definition) is 5. The molecule has 3 aromatic rings. The van der Waals surface area contributed by atoms with Crippen LogP contribution < -0.4 is 0 Å². The highest BCUT2D eigenvalue weighted by atomic mass is 32.2. The van der Waals surface area contributed by atoms with Crippen molar-refractivity contribution in [1.82, 2.24) is 15.0 Å². The molecule has 2 aromatic heterocycles. The molecular weight excluding hydrogens is 327 g/mol. The molecule has 0 saturated carbocycles. The normalized spacial score (nSPS) is 11.6. The third-order valence-electron chi connectivity index (χ3n) is 2.85. The van der Waals surface area contributed by atoms with Gasteiger partial charge in [-0.25, -0.2) is 15.0 Å². The Hall–Kier alpha value is -2.35. The smallest absolute Gasteiger partial charge is 0.433 e. The Morgan fingerprint density at radius 3 is 2.57 bits per heavy atom. The minimum atomic E-state index is -4.48. The van der Waals surface area contributed by atoms with Crippen LogP contribution in [-0.4, -0.2) is 15.0 Å². The lowest BCUT2D eigenvalue weighted by atomic mass is 10.2. The molecule has 0 saturated heterocycles. The van der Waals surface area contributed by atoms with E-state index in [1.807, 2.05) is 30.3 Å². The van der Waals surface area contributed by atoms with Crippen molar-refractivity contribution in [2.75, 3.05) is 0 Å². The van der Waals surface area contributed by atoms with Crippen molar-refractivity contribution in [3.63, 3.8) is 0 Å². The summed E-state index contributed by atoms with van der Waals surface area (Å²) in [7, 11) is 0. The molecule has 0 aliphatic heterocycles. The van der Waals surface area contributed by atoms with Crippen LogP contribution in [0.5, 0.6) is 0 Å². The highest BCUT2D eigenvalue weighted by molar-refractivity contribution is 7.98. The Kier molecular flexibility index (Phi) is 4.33. The van der Waals surface area contributed by atoms with Crippen LogP contribution in [0.25, 0.3) is 11.5 Å². The Bertz CT molecular complexity index is 790. The molecule has 0 bridgehead atoms. The third kappa shape index (κ3) is 3.89. The summed E-state index contributed by atoms with van der Waals surface area (Å²) in [6.07, 6.45) is -1.91. The molecule has 0 atom stereocenters. The summed E-state index contributed by atoms with van der Waals surface area (Å²) in [6, 6.07) is 10.2. The maximum Gasteiger partial charge on any atom is 0.433 e. The molecule has 0 aliphatic carbocycles. The zero-order chi connectivity index (χ0) is 16.3. The van der Waals surface area contributed by atoms with E-state index in [2.05, 4.69) is 15.0 Å². The molecule has 0 fully saturated rings. The van der Waals surface area contributed by atoms with Crippen molar-refractivity contribution in [1.29, 1.82) is 0 Å². The Morgan fingerprint density at radius 1 is 1.04 bits per heavy atom. The molecule has 0 unspecified atom stereocenters. The maximum absolute atomic E-state index is 12.6. The SMILES string of the molecule is FC(F)(F)c1ccnc(SCc2coc(-c3ccccc3)n2)n1. The van der Waals surface area contributed by atoms with Crippen molar-refractivity contribution in [2.45, 2.75) is 17.1 Å². The molecule has 8 heteroatoms. The van der Waals surface area contributed by atoms with Crippen LogP contribution in [0.3, 0.4) is 0 Å². The van der Waals surface area contributed by atoms with Crippen molar-refractivity contribution < 1.29 is 17.6 Å². The van der Waals surface area contributed by atoms with Gasteiger partial charge in [0.2, 0.25) is 5.89 Å². The summed E-state index contributed by atoms with van der Waals surface area (Å²) in [5.41, 5.74) is 0.481. The monoisotopic (exact) mass is 337 g/mol. The number of thioether (sulfide) groups is 1. The van der Waals surface area contributed by atoms with Gasteiger partial charge in [-0.2, -0.15) is 13.2 Å². The number of rotatable bonds is 4. The average molecular weight is 337 g/mol. The Balaban J connectivity index is 1.69. The van der Waals surface area contributed by atoms with E-state index < -0.39 is 11.9 Å². The average Bonchev–Trinajstić information content (AvgIpc) is 3.02. The van der Waals surface area contributed by atoms with E-state index in [-0.39, 0.29) is 5.16 Å². The highest BCUT2D eigenvalue weighted by Gasteiger charge is 2.32. The second-order valence-corrected chi connectivity index (χ2v) is 5.46. The van der Waals surface area contributed by atoms with Gasteiger partial charge in [-0.1, -0.05) is 30.0 Å². The van der Waals surface area contributed by atoms with E-state index in [1.165, 1.54) is 6.26 Å². The molecule has 4 nitrogen and oxygen atoms in total. The number of benzene rings is 1. The molecule has 3 rings (SSSR count). The molecule has 23 heavy (non-hydrogen) atoms. The zero-order valence-electron chi connectivity index (χ0n) is 11.6. The van der Waals surface area contributed by atoms with Crippen molar-refractivity contribution >= 4 is 11.8 Å². The second kappa shape index (κ2) is 6.41. The van der Waals surface area contributed by atoms with Gasteiger partial charge in [-0.3, -0.25) is 0 Å². The number of hydrogen-bond donors (Lipinski definition) is 0. The van der Waals surface area contributed by atoms with Crippen LogP contribution >= 0.6 is 11.8 Å². The number of oxazole rings is 1. The summed E-state index contributed by atoms with van der Waals surface area (Å²) < 4.78 is 43.2. The van der Waals surface area contributed by atoms with Gasteiger partial charge >= 0.3 is 6.18 Å². The lowest BCUT2D eigenvalue weighted by Crippen LogP contribution is -2.08. The van der Waals surface area contributed by atoms with E-state index in [9.17, 15) is 13.2 Å². The van der Waals surface area contributed by atoms with E-state index in [4.69, 9.17) is 4.42 Å². The van der Waals surface area contributed by atoms with Crippen LogP contribution in [-0.2, 0) is 11.9 Å². The quantitative estimate of drug-likeness (QED) is 0.520. The molecule has 2 heterocycles. The van der Waals surface area contributed by atoms with Crippen molar-refractivity contribution in [3.8, 4) is 11.5 Å². The number of halogens is 3. The van der Waals surface area contributed by atoms with Crippen LogP contribution in [0.15, 0.2) is 58.4 Å². The summed E-state index contributed by atoms with van der Waals surface area (Å²) in [6.45, 7) is 0. The van der Waals surface area contributed by atoms with Crippen LogP contribution in [0.1, 0.15) is 11.4 Å². The summed E-state index contributed by atoms with van der Waals surface area (Å²) in [4.78, 5) is 11.6. The minimum Gasteiger partial charge on any atom is -0.444 e. The van der Waals surface area contributed by atoms with Gasteiger partial charge in [-0.15, -0.1) is 0 Å². The summed E-state index contributed by atoms with van der Waals surface area (Å²) in [5, 5.41) is 0.0455. The lowest BCUT2D eigenvalue weighted by molar-refractivity contribution is -0.141. The van der Waals surface area contributed by atoms with Gasteiger partial charge in [0, 0.05) is 17.5 Å². The number of alkyl halides is 3. The van der Waals surface area contributed by atoms with Gasteiger partial charge in [0.25, 0.3) is 0 Å². The topological polar surface area (TPSA) is 51.8 Å². The molecule has 0 aliphatic rings. The first-order valence-corrected chi connectivity index (χ1v) is 7.54. The first kappa shape index (κ1) is 15.5. The van der Waals surface area contributed by atoms with Gasteiger partial charge in [-0.05, 0) is 18.2 Å². The molecule has 0 radical (unpaired) electrons. The van der Waals surface area contributed by atoms with Gasteiger partial charge in [0.15, 0.2) is 5.16 Å². The molecule has 0 amide bonds. The second-order valence-electron chi connectivity index (χ2n) is 4.52. The van der Waals surface area contributed by atoms with Crippen molar-refractivity contribution in [3.05, 3.63) is 60.2 Å². The van der Waals surface area contributed by atoms with Gasteiger partial charge in [0.1, 0.15) is 12.0 Å². The minimum absolute atomic E-state index is 0.0455. The first-order chi connectivity index (χ1) is 11.0. The van der Waals surface area contributed by atoms with E-state index in [0.717, 1.165) is 29.6 Å². The fourth-order valence-electron chi connectivity index (χ4n) is 1.79. The molecule has 0 spiro atoms. The Labute approximate surface area is 133 Å². The lowest BCUT2D eigenvalue weighted by Gasteiger charge is -2.05. The van der Waals surface area contributed by atoms with Crippen LogP contribution in [0.4, 0.5) is 13.2 Å². The van der Waals surface area contributed by atoms with E-state index >= 15 is 0 Å². The molecule has 1 aromatic carbocycles. The Morgan fingerprint density at radius 2 is 1.83 bits per heavy atom. The number of nitrogens with zero attached hydrogens (tertiary/aromatic N) is 3. The van der Waals surface area contributed by atoms with Crippen molar-refractivity contribution in [2.24, 2.45) is 0 Å². The fraction of sp³-hybridized carbons (Fsp3) is 0.133. The predicted octanol–water partition coefficient (Wildman–Crippen LogP) is 4.44. The first-order valence-electron chi connectivity index (χ1n) is 6.55.